The van der Waals surface area contributed by atoms with Crippen LogP contribution in [-0.4, -0.2) is 19.8 Å². The molecule has 10 nitrogen and oxygen atoms in total. The molecular formula is C18H12N4O6. The maximum absolute atomic E-state index is 12.2. The van der Waals surface area contributed by atoms with Crippen LogP contribution in [0.25, 0.3) is 12.2 Å². The van der Waals surface area contributed by atoms with Crippen molar-refractivity contribution in [3.05, 3.63) is 111 Å². The summed E-state index contributed by atoms with van der Waals surface area (Å²) in [6, 6.07) is 11.0. The average molecular weight is 380 g/mol. The smallest absolute Gasteiger partial charge is 0.272 e. The molecule has 0 radical (unpaired) electrons. The number of hydrogen-bond donors (Lipinski definition) is 2. The van der Waals surface area contributed by atoms with Gasteiger partial charge in [-0.3, -0.25) is 29.8 Å². The number of nitrogens with zero attached hydrogens (tertiary/aromatic N) is 2. The Morgan fingerprint density at radius 3 is 1.25 bits per heavy atom. The standard InChI is InChI=1S/C18H12N4O6/c23-17-15(9-11-1-5-13(6-2-11)21(25)26)19-18(24)16(20-17)10-12-3-7-14(8-4-12)22(27)28/h1-10H,(H,19,24)(H,20,23)/b15-9+,16-10+. The molecule has 0 aliphatic heterocycles. The number of hydrogen-bond acceptors (Lipinski definition) is 6. The number of nitro benzene ring substituents is 2. The molecule has 1 aromatic heterocycles. The van der Waals surface area contributed by atoms with Gasteiger partial charge in [0.1, 0.15) is 10.7 Å². The molecule has 0 bridgehead atoms. The van der Waals surface area contributed by atoms with E-state index in [-0.39, 0.29) is 22.1 Å². The Hall–Kier alpha value is -4.34. The molecule has 140 valence electrons. The lowest BCUT2D eigenvalue weighted by Crippen LogP contribution is -2.46. The lowest BCUT2D eigenvalue weighted by molar-refractivity contribution is -0.385. The van der Waals surface area contributed by atoms with Gasteiger partial charge in [-0.15, -0.1) is 0 Å². The first-order chi connectivity index (χ1) is 13.3. The second-order valence-corrected chi connectivity index (χ2v) is 5.72. The minimum absolute atomic E-state index is 0.0142. The molecule has 0 spiro atoms. The van der Waals surface area contributed by atoms with Crippen molar-refractivity contribution in [1.29, 1.82) is 0 Å². The minimum Gasteiger partial charge on any atom is -0.316 e. The van der Waals surface area contributed by atoms with Crippen molar-refractivity contribution in [3.8, 4) is 0 Å². The first kappa shape index (κ1) is 18.5. The van der Waals surface area contributed by atoms with Crippen LogP contribution < -0.4 is 21.8 Å². The largest absolute Gasteiger partial charge is 0.316 e. The van der Waals surface area contributed by atoms with Gasteiger partial charge in [0.2, 0.25) is 0 Å². The molecule has 0 saturated heterocycles. The zero-order valence-corrected chi connectivity index (χ0v) is 14.1. The van der Waals surface area contributed by atoms with E-state index in [0.29, 0.717) is 11.1 Å². The van der Waals surface area contributed by atoms with Gasteiger partial charge in [0.25, 0.3) is 22.5 Å². The summed E-state index contributed by atoms with van der Waals surface area (Å²) in [5.41, 5.74) is -0.310. The normalized spacial score (nSPS) is 12.1. The second-order valence-electron chi connectivity index (χ2n) is 5.72. The molecule has 28 heavy (non-hydrogen) atoms. The van der Waals surface area contributed by atoms with Crippen molar-refractivity contribution in [2.24, 2.45) is 0 Å². The maximum atomic E-state index is 12.2. The maximum Gasteiger partial charge on any atom is 0.272 e. The molecule has 0 atom stereocenters. The van der Waals surface area contributed by atoms with Crippen LogP contribution in [0.5, 0.6) is 0 Å². The quantitative estimate of drug-likeness (QED) is 0.498. The van der Waals surface area contributed by atoms with Crippen LogP contribution >= 0.6 is 0 Å². The number of benzene rings is 2. The van der Waals surface area contributed by atoms with Gasteiger partial charge in [0.05, 0.1) is 9.85 Å². The summed E-state index contributed by atoms with van der Waals surface area (Å²) in [7, 11) is 0. The van der Waals surface area contributed by atoms with Crippen LogP contribution in [0.3, 0.4) is 0 Å². The number of nitro groups is 2. The highest BCUT2D eigenvalue weighted by Gasteiger charge is 2.04. The molecule has 0 amide bonds. The van der Waals surface area contributed by atoms with Crippen LogP contribution in [0.15, 0.2) is 58.1 Å². The van der Waals surface area contributed by atoms with E-state index in [0.717, 1.165) is 0 Å². The lowest BCUT2D eigenvalue weighted by Gasteiger charge is -1.95. The highest BCUT2D eigenvalue weighted by Crippen LogP contribution is 2.12. The molecule has 0 fully saturated rings. The molecule has 0 aliphatic rings. The summed E-state index contributed by atoms with van der Waals surface area (Å²) in [6.45, 7) is 0. The summed E-state index contributed by atoms with van der Waals surface area (Å²) >= 11 is 0. The predicted molar refractivity (Wildman–Crippen MR) is 100 cm³/mol. The Morgan fingerprint density at radius 1 is 0.643 bits per heavy atom. The Morgan fingerprint density at radius 2 is 0.964 bits per heavy atom. The lowest BCUT2D eigenvalue weighted by atomic mass is 10.2. The molecular weight excluding hydrogens is 368 g/mol. The van der Waals surface area contributed by atoms with Crippen LogP contribution in [0.1, 0.15) is 11.1 Å². The van der Waals surface area contributed by atoms with Crippen molar-refractivity contribution in [3.63, 3.8) is 0 Å². The number of non-ortho nitro benzene ring substituents is 2. The minimum atomic E-state index is -0.564. The fourth-order valence-electron chi connectivity index (χ4n) is 2.41. The third-order valence-corrected chi connectivity index (χ3v) is 3.82. The van der Waals surface area contributed by atoms with Gasteiger partial charge < -0.3 is 9.97 Å². The van der Waals surface area contributed by atoms with Crippen molar-refractivity contribution >= 4 is 23.5 Å². The Balaban J connectivity index is 2.01. The van der Waals surface area contributed by atoms with E-state index >= 15 is 0 Å². The summed E-state index contributed by atoms with van der Waals surface area (Å²) in [5.74, 6) is 0. The van der Waals surface area contributed by atoms with Gasteiger partial charge in [0.15, 0.2) is 0 Å². The van der Waals surface area contributed by atoms with Crippen LogP contribution in [0, 0.1) is 20.2 Å². The molecule has 0 unspecified atom stereocenters. The Kier molecular flexibility index (Phi) is 4.94. The zero-order valence-electron chi connectivity index (χ0n) is 14.1. The van der Waals surface area contributed by atoms with Gasteiger partial charge in [-0.1, -0.05) is 0 Å². The molecule has 3 rings (SSSR count). The SMILES string of the molecule is O=c1[nH]/c(=C/c2ccc([N+](=O)[O-])cc2)c(=O)[nH]/c1=C/c1ccc([N+](=O)[O-])cc1. The zero-order chi connectivity index (χ0) is 20.3. The van der Waals surface area contributed by atoms with E-state index in [4.69, 9.17) is 0 Å². The summed E-state index contributed by atoms with van der Waals surface area (Å²) in [4.78, 5) is 49.6. The second kappa shape index (κ2) is 7.50. The van der Waals surface area contributed by atoms with Crippen LogP contribution in [-0.2, 0) is 0 Å². The summed E-state index contributed by atoms with van der Waals surface area (Å²) in [5, 5.41) is 21.3. The van der Waals surface area contributed by atoms with Gasteiger partial charge in [0, 0.05) is 24.3 Å². The molecule has 2 aromatic carbocycles. The number of aromatic nitrogens is 2. The van der Waals surface area contributed by atoms with Gasteiger partial charge in [-0.2, -0.15) is 0 Å². The highest BCUT2D eigenvalue weighted by atomic mass is 16.6. The van der Waals surface area contributed by atoms with E-state index in [1.807, 2.05) is 0 Å². The number of rotatable bonds is 4. The predicted octanol–water partition coefficient (Wildman–Crippen LogP) is 0.537. The van der Waals surface area contributed by atoms with E-state index in [1.165, 1.54) is 60.7 Å². The number of aromatic amines is 2. The van der Waals surface area contributed by atoms with E-state index in [1.54, 1.807) is 0 Å². The third kappa shape index (κ3) is 4.07. The van der Waals surface area contributed by atoms with Crippen molar-refractivity contribution in [2.45, 2.75) is 0 Å². The number of H-pyrrole nitrogens is 2. The summed E-state index contributed by atoms with van der Waals surface area (Å²) in [6.07, 6.45) is 2.78. The Bertz CT molecular complexity index is 1180. The molecule has 3 aromatic rings. The Labute approximate surface area is 155 Å². The molecule has 0 saturated carbocycles. The van der Waals surface area contributed by atoms with Crippen LogP contribution in [0.4, 0.5) is 11.4 Å². The van der Waals surface area contributed by atoms with Crippen LogP contribution in [0.2, 0.25) is 0 Å². The molecule has 0 aliphatic carbocycles. The molecule has 10 heteroatoms. The van der Waals surface area contributed by atoms with E-state index in [9.17, 15) is 29.8 Å². The summed E-state index contributed by atoms with van der Waals surface area (Å²) < 4.78 is 0. The van der Waals surface area contributed by atoms with Gasteiger partial charge in [-0.05, 0) is 47.5 Å². The average Bonchev–Trinajstić information content (AvgIpc) is 2.66. The first-order valence-electron chi connectivity index (χ1n) is 7.88. The van der Waals surface area contributed by atoms with E-state index in [2.05, 4.69) is 9.97 Å². The monoisotopic (exact) mass is 380 g/mol. The van der Waals surface area contributed by atoms with Gasteiger partial charge in [-0.25, -0.2) is 0 Å². The fourth-order valence-corrected chi connectivity index (χ4v) is 2.41. The van der Waals surface area contributed by atoms with Gasteiger partial charge >= 0.3 is 0 Å². The molecule has 1 heterocycles. The third-order valence-electron chi connectivity index (χ3n) is 3.82. The highest BCUT2D eigenvalue weighted by molar-refractivity contribution is 5.52. The topological polar surface area (TPSA) is 152 Å². The number of nitrogens with one attached hydrogen (secondary N) is 2. The first-order valence-corrected chi connectivity index (χ1v) is 7.88. The van der Waals surface area contributed by atoms with Crippen molar-refractivity contribution in [1.82, 2.24) is 9.97 Å². The van der Waals surface area contributed by atoms with Crippen molar-refractivity contribution in [2.75, 3.05) is 0 Å². The fraction of sp³-hybridized carbons (Fsp3) is 0. The van der Waals surface area contributed by atoms with Crippen molar-refractivity contribution < 1.29 is 9.85 Å². The van der Waals surface area contributed by atoms with E-state index < -0.39 is 21.0 Å². The molecule has 2 N–H and O–H groups in total.